The van der Waals surface area contributed by atoms with E-state index < -0.39 is 0 Å². The summed E-state index contributed by atoms with van der Waals surface area (Å²) in [5, 5.41) is 3.30. The maximum Gasteiger partial charge on any atom is 0.131 e. The minimum absolute atomic E-state index is 0.0185. The quantitative estimate of drug-likeness (QED) is 0.773. The zero-order valence-corrected chi connectivity index (χ0v) is 8.03. The lowest BCUT2D eigenvalue weighted by Gasteiger charge is -2.12. The van der Waals surface area contributed by atoms with Crippen LogP contribution in [0.5, 0.6) is 0 Å². The summed E-state index contributed by atoms with van der Waals surface area (Å²) in [6.45, 7) is 2.92. The number of H-pyrrole nitrogens is 1. The molecule has 0 aliphatic carbocycles. The third kappa shape index (κ3) is 1.70. The molecule has 2 N–H and O–H groups in total. The SMILES string of the molecule is CCNC(c1ncc[nH]1)c1ccco1. The van der Waals surface area contributed by atoms with Crippen molar-refractivity contribution < 1.29 is 4.42 Å². The molecule has 2 aromatic heterocycles. The van der Waals surface area contributed by atoms with Crippen LogP contribution in [0.1, 0.15) is 24.6 Å². The van der Waals surface area contributed by atoms with Gasteiger partial charge in [0.05, 0.1) is 6.26 Å². The Morgan fingerprint density at radius 3 is 3.14 bits per heavy atom. The maximum absolute atomic E-state index is 5.35. The highest BCUT2D eigenvalue weighted by molar-refractivity contribution is 5.14. The lowest BCUT2D eigenvalue weighted by molar-refractivity contribution is 0.443. The molecule has 2 aromatic rings. The van der Waals surface area contributed by atoms with E-state index in [-0.39, 0.29) is 6.04 Å². The summed E-state index contributed by atoms with van der Waals surface area (Å²) >= 11 is 0. The van der Waals surface area contributed by atoms with Crippen molar-refractivity contribution >= 4 is 0 Å². The van der Waals surface area contributed by atoms with Gasteiger partial charge in [-0.2, -0.15) is 0 Å². The van der Waals surface area contributed by atoms with Gasteiger partial charge in [0.15, 0.2) is 0 Å². The summed E-state index contributed by atoms with van der Waals surface area (Å²) in [7, 11) is 0. The van der Waals surface area contributed by atoms with Gasteiger partial charge >= 0.3 is 0 Å². The number of hydrogen-bond acceptors (Lipinski definition) is 3. The van der Waals surface area contributed by atoms with Gasteiger partial charge in [0.2, 0.25) is 0 Å². The first-order chi connectivity index (χ1) is 6.92. The van der Waals surface area contributed by atoms with Gasteiger partial charge in [-0.3, -0.25) is 0 Å². The molecule has 14 heavy (non-hydrogen) atoms. The van der Waals surface area contributed by atoms with Crippen LogP contribution in [-0.4, -0.2) is 16.5 Å². The topological polar surface area (TPSA) is 53.9 Å². The molecule has 0 aliphatic heterocycles. The number of aromatic amines is 1. The predicted octanol–water partition coefficient (Wildman–Crippen LogP) is 1.70. The molecule has 0 aliphatic rings. The standard InChI is InChI=1S/C10H13N3O/c1-2-11-9(8-4-3-7-14-8)10-12-5-6-13-10/h3-7,9,11H,2H2,1H3,(H,12,13). The van der Waals surface area contributed by atoms with Crippen molar-refractivity contribution in [1.82, 2.24) is 15.3 Å². The van der Waals surface area contributed by atoms with Crippen LogP contribution in [0.4, 0.5) is 0 Å². The van der Waals surface area contributed by atoms with Crippen LogP contribution in [0.2, 0.25) is 0 Å². The summed E-state index contributed by atoms with van der Waals surface area (Å²) in [5.41, 5.74) is 0. The molecule has 2 heterocycles. The van der Waals surface area contributed by atoms with Crippen LogP contribution >= 0.6 is 0 Å². The molecule has 1 unspecified atom stereocenters. The second-order valence-corrected chi connectivity index (χ2v) is 2.98. The summed E-state index contributed by atoms with van der Waals surface area (Å²) in [5.74, 6) is 1.75. The van der Waals surface area contributed by atoms with E-state index in [1.54, 1.807) is 12.5 Å². The minimum Gasteiger partial charge on any atom is -0.467 e. The first-order valence-electron chi connectivity index (χ1n) is 4.68. The second-order valence-electron chi connectivity index (χ2n) is 2.98. The van der Waals surface area contributed by atoms with E-state index in [0.29, 0.717) is 0 Å². The van der Waals surface area contributed by atoms with Crippen LogP contribution in [0, 0.1) is 0 Å². The number of nitrogens with one attached hydrogen (secondary N) is 2. The Hall–Kier alpha value is -1.55. The first-order valence-corrected chi connectivity index (χ1v) is 4.68. The molecule has 0 amide bonds. The van der Waals surface area contributed by atoms with Gasteiger partial charge in [-0.15, -0.1) is 0 Å². The van der Waals surface area contributed by atoms with Gasteiger partial charge in [0.1, 0.15) is 17.6 Å². The van der Waals surface area contributed by atoms with Crippen molar-refractivity contribution in [2.24, 2.45) is 0 Å². The monoisotopic (exact) mass is 191 g/mol. The van der Waals surface area contributed by atoms with Crippen molar-refractivity contribution in [2.75, 3.05) is 6.54 Å². The van der Waals surface area contributed by atoms with Crippen LogP contribution in [0.3, 0.4) is 0 Å². The van der Waals surface area contributed by atoms with E-state index in [0.717, 1.165) is 18.1 Å². The molecule has 0 saturated heterocycles. The van der Waals surface area contributed by atoms with Crippen LogP contribution in [0.15, 0.2) is 35.2 Å². The molecule has 0 radical (unpaired) electrons. The normalized spacial score (nSPS) is 12.9. The molecule has 1 atom stereocenters. The van der Waals surface area contributed by atoms with Gasteiger partial charge in [-0.05, 0) is 18.7 Å². The summed E-state index contributed by atoms with van der Waals surface area (Å²) < 4.78 is 5.35. The summed E-state index contributed by atoms with van der Waals surface area (Å²) in [4.78, 5) is 7.29. The number of imidazole rings is 1. The summed E-state index contributed by atoms with van der Waals surface area (Å²) in [6, 6.07) is 3.84. The van der Waals surface area contributed by atoms with Gasteiger partial charge in [0, 0.05) is 12.4 Å². The van der Waals surface area contributed by atoms with E-state index in [1.807, 2.05) is 18.3 Å². The average molecular weight is 191 g/mol. The Bertz CT molecular complexity index is 318. The zero-order valence-electron chi connectivity index (χ0n) is 8.03. The van der Waals surface area contributed by atoms with Crippen molar-refractivity contribution in [3.63, 3.8) is 0 Å². The molecule has 0 aromatic carbocycles. The zero-order chi connectivity index (χ0) is 9.80. The van der Waals surface area contributed by atoms with Crippen molar-refractivity contribution in [3.05, 3.63) is 42.4 Å². The molecular formula is C10H13N3O. The molecule has 0 fully saturated rings. The van der Waals surface area contributed by atoms with Gasteiger partial charge < -0.3 is 14.7 Å². The van der Waals surface area contributed by atoms with E-state index in [2.05, 4.69) is 22.2 Å². The Morgan fingerprint density at radius 2 is 2.57 bits per heavy atom. The van der Waals surface area contributed by atoms with Crippen LogP contribution in [0.25, 0.3) is 0 Å². The highest BCUT2D eigenvalue weighted by atomic mass is 16.3. The molecule has 4 heteroatoms. The van der Waals surface area contributed by atoms with E-state index in [4.69, 9.17) is 4.42 Å². The number of furan rings is 1. The Kier molecular flexibility index (Phi) is 2.65. The Labute approximate surface area is 82.4 Å². The van der Waals surface area contributed by atoms with Crippen molar-refractivity contribution in [3.8, 4) is 0 Å². The van der Waals surface area contributed by atoms with Crippen molar-refractivity contribution in [2.45, 2.75) is 13.0 Å². The lowest BCUT2D eigenvalue weighted by atomic mass is 10.2. The molecule has 4 nitrogen and oxygen atoms in total. The van der Waals surface area contributed by atoms with Crippen molar-refractivity contribution in [1.29, 1.82) is 0 Å². The van der Waals surface area contributed by atoms with Gasteiger partial charge in [0.25, 0.3) is 0 Å². The van der Waals surface area contributed by atoms with Gasteiger partial charge in [-0.1, -0.05) is 6.92 Å². The third-order valence-corrected chi connectivity index (χ3v) is 2.03. The lowest BCUT2D eigenvalue weighted by Crippen LogP contribution is -2.22. The number of aromatic nitrogens is 2. The smallest absolute Gasteiger partial charge is 0.131 e. The molecule has 0 bridgehead atoms. The summed E-state index contributed by atoms with van der Waals surface area (Å²) in [6.07, 6.45) is 5.22. The molecular weight excluding hydrogens is 178 g/mol. The highest BCUT2D eigenvalue weighted by Gasteiger charge is 2.17. The van der Waals surface area contributed by atoms with E-state index >= 15 is 0 Å². The Balaban J connectivity index is 2.25. The first kappa shape index (κ1) is 9.02. The van der Waals surface area contributed by atoms with E-state index in [9.17, 15) is 0 Å². The second kappa shape index (κ2) is 4.11. The Morgan fingerprint density at radius 1 is 1.64 bits per heavy atom. The van der Waals surface area contributed by atoms with Gasteiger partial charge in [-0.25, -0.2) is 4.98 Å². The average Bonchev–Trinajstić information content (AvgIpc) is 2.87. The fraction of sp³-hybridized carbons (Fsp3) is 0.300. The molecule has 2 rings (SSSR count). The molecule has 74 valence electrons. The number of nitrogens with zero attached hydrogens (tertiary/aromatic N) is 1. The van der Waals surface area contributed by atoms with E-state index in [1.165, 1.54) is 0 Å². The number of hydrogen-bond donors (Lipinski definition) is 2. The fourth-order valence-electron chi connectivity index (χ4n) is 1.43. The predicted molar refractivity (Wildman–Crippen MR) is 52.8 cm³/mol. The van der Waals surface area contributed by atoms with Crippen LogP contribution in [-0.2, 0) is 0 Å². The fourth-order valence-corrected chi connectivity index (χ4v) is 1.43. The minimum atomic E-state index is 0.0185. The number of rotatable bonds is 4. The molecule has 0 saturated carbocycles. The van der Waals surface area contributed by atoms with Crippen LogP contribution < -0.4 is 5.32 Å². The maximum atomic E-state index is 5.35. The molecule has 0 spiro atoms. The highest BCUT2D eigenvalue weighted by Crippen LogP contribution is 2.18. The third-order valence-electron chi connectivity index (χ3n) is 2.03. The largest absolute Gasteiger partial charge is 0.467 e.